The molecule has 0 aliphatic carbocycles. The molecule has 0 atom stereocenters. The first-order valence-electron chi connectivity index (χ1n) is 8.76. The molecule has 1 heterocycles. The molecule has 0 saturated heterocycles. The summed E-state index contributed by atoms with van der Waals surface area (Å²) < 4.78 is 54.5. The third-order valence-corrected chi connectivity index (χ3v) is 4.14. The molecule has 0 radical (unpaired) electrons. The minimum absolute atomic E-state index is 0.111. The second kappa shape index (κ2) is 10.3. The summed E-state index contributed by atoms with van der Waals surface area (Å²) in [5, 5.41) is 8.93. The number of carbonyl (C=O) groups is 1. The number of hydrogen-bond donors (Lipinski definition) is 1. The van der Waals surface area contributed by atoms with Crippen molar-refractivity contribution in [3.63, 3.8) is 0 Å². The molecule has 10 heteroatoms. The molecule has 2 rings (SSSR count). The molecule has 162 valence electrons. The van der Waals surface area contributed by atoms with Crippen molar-refractivity contribution in [1.29, 1.82) is 0 Å². The van der Waals surface area contributed by atoms with Gasteiger partial charge in [-0.1, -0.05) is 18.5 Å². The molecule has 1 aromatic carbocycles. The third kappa shape index (κ3) is 6.36. The molecule has 30 heavy (non-hydrogen) atoms. The summed E-state index contributed by atoms with van der Waals surface area (Å²) in [4.78, 5) is 15.0. The van der Waals surface area contributed by atoms with E-state index < -0.39 is 17.7 Å². The number of alkyl halides is 3. The van der Waals surface area contributed by atoms with Gasteiger partial charge in [0.2, 0.25) is 5.88 Å². The van der Waals surface area contributed by atoms with Crippen LogP contribution in [0.3, 0.4) is 0 Å². The van der Waals surface area contributed by atoms with Gasteiger partial charge in [-0.15, -0.1) is 0 Å². The van der Waals surface area contributed by atoms with Crippen molar-refractivity contribution in [3.05, 3.63) is 52.2 Å². The summed E-state index contributed by atoms with van der Waals surface area (Å²) in [6.45, 7) is 2.26. The highest BCUT2D eigenvalue weighted by atomic mass is 35.5. The Bertz CT molecular complexity index is 931. The summed E-state index contributed by atoms with van der Waals surface area (Å²) in [5.74, 6) is -0.863. The molecule has 0 aliphatic heterocycles. The predicted molar refractivity (Wildman–Crippen MR) is 104 cm³/mol. The third-order valence-electron chi connectivity index (χ3n) is 3.87. The fourth-order valence-corrected chi connectivity index (χ4v) is 2.52. The molecule has 1 aromatic heterocycles. The van der Waals surface area contributed by atoms with E-state index in [4.69, 9.17) is 25.8 Å². The number of aromatic nitrogens is 1. The number of aliphatic carboxylic acids is 1. The number of benzene rings is 1. The topological polar surface area (TPSA) is 77.9 Å². The van der Waals surface area contributed by atoms with E-state index in [0.717, 1.165) is 0 Å². The largest absolute Gasteiger partial charge is 0.491 e. The zero-order valence-corrected chi connectivity index (χ0v) is 16.9. The number of carboxylic acid groups (broad SMARTS) is 1. The lowest BCUT2D eigenvalue weighted by Crippen LogP contribution is -2.06. The average Bonchev–Trinajstić information content (AvgIpc) is 2.68. The van der Waals surface area contributed by atoms with E-state index in [9.17, 15) is 23.1 Å². The van der Waals surface area contributed by atoms with Crippen LogP contribution >= 0.6 is 11.6 Å². The van der Waals surface area contributed by atoms with E-state index in [1.807, 2.05) is 0 Å². The van der Waals surface area contributed by atoms with Gasteiger partial charge in [-0.3, -0.25) is 0 Å². The number of carboxylic acids is 1. The van der Waals surface area contributed by atoms with Crippen LogP contribution in [0, 0.1) is 0 Å². The number of ether oxygens (including phenoxy) is 3. The van der Waals surface area contributed by atoms with E-state index in [-0.39, 0.29) is 35.3 Å². The van der Waals surface area contributed by atoms with E-state index in [0.29, 0.717) is 30.2 Å². The second-order valence-electron chi connectivity index (χ2n) is 5.98. The van der Waals surface area contributed by atoms with Crippen LogP contribution < -0.4 is 9.47 Å². The van der Waals surface area contributed by atoms with E-state index in [1.165, 1.54) is 19.3 Å². The van der Waals surface area contributed by atoms with Gasteiger partial charge in [0.15, 0.2) is 0 Å². The van der Waals surface area contributed by atoms with Crippen molar-refractivity contribution in [3.8, 4) is 17.4 Å². The minimum atomic E-state index is -4.60. The van der Waals surface area contributed by atoms with Crippen molar-refractivity contribution in [1.82, 2.24) is 4.98 Å². The maximum Gasteiger partial charge on any atom is 0.417 e. The molecule has 0 aliphatic rings. The molecular weight excluding hydrogens is 427 g/mol. The van der Waals surface area contributed by atoms with E-state index in [1.54, 1.807) is 19.1 Å². The first-order chi connectivity index (χ1) is 14.2. The molecule has 0 spiro atoms. The Morgan fingerprint density at radius 3 is 2.57 bits per heavy atom. The lowest BCUT2D eigenvalue weighted by Gasteiger charge is -2.14. The molecule has 2 aromatic rings. The Labute approximate surface area is 175 Å². The van der Waals surface area contributed by atoms with Crippen LogP contribution in [0.1, 0.15) is 24.5 Å². The summed E-state index contributed by atoms with van der Waals surface area (Å²) in [6.07, 6.45) is -2.35. The molecule has 0 saturated carbocycles. The first kappa shape index (κ1) is 23.5. The van der Waals surface area contributed by atoms with Gasteiger partial charge in [-0.25, -0.2) is 9.78 Å². The number of halogens is 4. The zero-order chi connectivity index (χ0) is 22.3. The standard InChI is InChI=1S/C20H19ClF3NO5/c1-3-12(19(26)27)8-13-4-5-15(29-7-6-28-2)10-17(13)30-18-16(21)9-14(11-25-18)20(22,23)24/h4-5,8-11H,3,6-7H2,1-2H3,(H,26,27)/b12-8+. The minimum Gasteiger partial charge on any atom is -0.491 e. The molecule has 0 amide bonds. The quantitative estimate of drug-likeness (QED) is 0.408. The first-order valence-corrected chi connectivity index (χ1v) is 9.13. The van der Waals surface area contributed by atoms with Crippen LogP contribution in [0.15, 0.2) is 36.0 Å². The van der Waals surface area contributed by atoms with Crippen LogP contribution in [-0.2, 0) is 15.7 Å². The Balaban J connectivity index is 2.44. The van der Waals surface area contributed by atoms with Crippen molar-refractivity contribution in [2.45, 2.75) is 19.5 Å². The summed E-state index contributed by atoms with van der Waals surface area (Å²) >= 11 is 5.92. The van der Waals surface area contributed by atoms with Crippen molar-refractivity contribution >= 4 is 23.6 Å². The number of pyridine rings is 1. The van der Waals surface area contributed by atoms with Gasteiger partial charge in [0, 0.05) is 30.5 Å². The molecule has 0 bridgehead atoms. The van der Waals surface area contributed by atoms with Gasteiger partial charge in [0.25, 0.3) is 0 Å². The predicted octanol–water partition coefficient (Wildman–Crippen LogP) is 5.45. The van der Waals surface area contributed by atoms with Crippen LogP contribution in [0.2, 0.25) is 5.02 Å². The Hall–Kier alpha value is -2.78. The second-order valence-corrected chi connectivity index (χ2v) is 6.39. The maximum atomic E-state index is 12.8. The number of nitrogens with zero attached hydrogens (tertiary/aromatic N) is 1. The lowest BCUT2D eigenvalue weighted by atomic mass is 10.1. The van der Waals surface area contributed by atoms with Crippen LogP contribution in [0.4, 0.5) is 13.2 Å². The summed E-state index contributed by atoms with van der Waals surface area (Å²) in [6, 6.07) is 5.33. The zero-order valence-electron chi connectivity index (χ0n) is 16.1. The number of hydrogen-bond acceptors (Lipinski definition) is 5. The van der Waals surface area contributed by atoms with Crippen LogP contribution in [0.25, 0.3) is 6.08 Å². The highest BCUT2D eigenvalue weighted by Crippen LogP contribution is 2.37. The highest BCUT2D eigenvalue weighted by Gasteiger charge is 2.32. The summed E-state index contributed by atoms with van der Waals surface area (Å²) in [5.41, 5.74) is -0.541. The van der Waals surface area contributed by atoms with Crippen molar-refractivity contribution in [2.75, 3.05) is 20.3 Å². The lowest BCUT2D eigenvalue weighted by molar-refractivity contribution is -0.138. The molecule has 0 fully saturated rings. The highest BCUT2D eigenvalue weighted by molar-refractivity contribution is 6.31. The normalized spacial score (nSPS) is 12.0. The van der Waals surface area contributed by atoms with E-state index >= 15 is 0 Å². The van der Waals surface area contributed by atoms with Crippen LogP contribution in [0.5, 0.6) is 17.4 Å². The fraction of sp³-hybridized carbons (Fsp3) is 0.300. The van der Waals surface area contributed by atoms with Gasteiger partial charge in [0.05, 0.1) is 12.2 Å². The smallest absolute Gasteiger partial charge is 0.417 e. The van der Waals surface area contributed by atoms with Crippen LogP contribution in [-0.4, -0.2) is 36.4 Å². The van der Waals surface area contributed by atoms with Gasteiger partial charge >= 0.3 is 12.1 Å². The molecule has 0 unspecified atom stereocenters. The Morgan fingerprint density at radius 1 is 1.27 bits per heavy atom. The molecular formula is C20H19ClF3NO5. The Morgan fingerprint density at radius 2 is 2.00 bits per heavy atom. The monoisotopic (exact) mass is 445 g/mol. The molecule has 6 nitrogen and oxygen atoms in total. The maximum absolute atomic E-state index is 12.8. The fourth-order valence-electron chi connectivity index (χ4n) is 2.32. The van der Waals surface area contributed by atoms with E-state index in [2.05, 4.69) is 4.98 Å². The Kier molecular flexibility index (Phi) is 8.08. The number of methoxy groups -OCH3 is 1. The van der Waals surface area contributed by atoms with Crippen molar-refractivity contribution < 1.29 is 37.3 Å². The van der Waals surface area contributed by atoms with Crippen molar-refractivity contribution in [2.24, 2.45) is 0 Å². The molecule has 1 N–H and O–H groups in total. The SMILES string of the molecule is CC/C(=C\c1ccc(OCCOC)cc1Oc1ncc(C(F)(F)F)cc1Cl)C(=O)O. The van der Waals surface area contributed by atoms with Gasteiger partial charge < -0.3 is 19.3 Å². The average molecular weight is 446 g/mol. The van der Waals surface area contributed by atoms with Gasteiger partial charge in [-0.2, -0.15) is 13.2 Å². The summed E-state index contributed by atoms with van der Waals surface area (Å²) in [7, 11) is 1.52. The van der Waals surface area contributed by atoms with Gasteiger partial charge in [0.1, 0.15) is 23.1 Å². The van der Waals surface area contributed by atoms with Gasteiger partial charge in [-0.05, 0) is 30.7 Å². The number of rotatable bonds is 9.